The lowest BCUT2D eigenvalue weighted by Crippen LogP contribution is -2.37. The van der Waals surface area contributed by atoms with Crippen LogP contribution in [0.4, 0.5) is 0 Å². The van der Waals surface area contributed by atoms with Gasteiger partial charge in [-0.2, -0.15) is 0 Å². The van der Waals surface area contributed by atoms with Crippen LogP contribution in [0.15, 0.2) is 122 Å². The first kappa shape index (κ1) is 80.4. The Hall–Kier alpha value is -3.59. The highest BCUT2D eigenvalue weighted by atomic mass is 31.2. The number of phosphoric ester groups is 1. The topological polar surface area (TPSA) is 108 Å². The zero-order chi connectivity index (χ0) is 61.2. The zero-order valence-corrected chi connectivity index (χ0v) is 55.7. The van der Waals surface area contributed by atoms with Crippen molar-refractivity contribution in [3.05, 3.63) is 122 Å². The van der Waals surface area contributed by atoms with Crippen LogP contribution in [0.1, 0.15) is 284 Å². The predicted octanol–water partition coefficient (Wildman–Crippen LogP) is 22.3. The number of esters is 2. The van der Waals surface area contributed by atoms with E-state index in [2.05, 4.69) is 135 Å². The number of quaternary nitrogens is 1. The molecule has 482 valence electrons. The summed E-state index contributed by atoms with van der Waals surface area (Å²) in [5.41, 5.74) is 0. The molecule has 0 bridgehead atoms. The van der Waals surface area contributed by atoms with E-state index in [-0.39, 0.29) is 32.0 Å². The average molecular weight is 1190 g/mol. The molecule has 0 aliphatic heterocycles. The van der Waals surface area contributed by atoms with E-state index < -0.39 is 26.5 Å². The van der Waals surface area contributed by atoms with E-state index in [0.717, 1.165) is 77.0 Å². The third kappa shape index (κ3) is 67.5. The quantitative estimate of drug-likeness (QED) is 0.0211. The van der Waals surface area contributed by atoms with Gasteiger partial charge in [0.1, 0.15) is 19.8 Å². The molecule has 2 atom stereocenters. The second kappa shape index (κ2) is 63.9. The summed E-state index contributed by atoms with van der Waals surface area (Å²) in [6.07, 6.45) is 91.8. The lowest BCUT2D eigenvalue weighted by molar-refractivity contribution is -0.870. The normalized spacial score (nSPS) is 13.9. The molecule has 9 nitrogen and oxygen atoms in total. The van der Waals surface area contributed by atoms with Crippen LogP contribution in [0, 0.1) is 0 Å². The molecule has 0 aliphatic rings. The Morgan fingerprint density at radius 1 is 0.381 bits per heavy atom. The van der Waals surface area contributed by atoms with E-state index >= 15 is 0 Å². The lowest BCUT2D eigenvalue weighted by Gasteiger charge is -2.24. The second-order valence-corrected chi connectivity index (χ2v) is 25.3. The summed E-state index contributed by atoms with van der Waals surface area (Å²) in [6.45, 7) is 4.25. The number of rotatable bonds is 62. The SMILES string of the molecule is CC/C=C\C/C=C\C/C=C\C/C=C\C/C=C\C/C=C\C/C=C\CCCC(=O)OC(COC(=O)CCCCCCCCCCCCCCCCCCCCCCCC/C=C\C/C=C\C/C=C\CCCCCCC)COP(=O)(O)OCC[N+](C)(C)C. The fraction of sp³-hybridized carbons (Fsp3) is 0.703. The number of hydrogen-bond acceptors (Lipinski definition) is 7. The molecule has 0 saturated carbocycles. The number of carbonyl (C=O) groups is 2. The molecule has 0 aliphatic carbocycles. The number of unbranched alkanes of at least 4 members (excludes halogenated alkanes) is 28. The molecule has 0 radical (unpaired) electrons. The van der Waals surface area contributed by atoms with E-state index in [1.165, 1.54) is 167 Å². The molecule has 0 rings (SSSR count). The van der Waals surface area contributed by atoms with Crippen molar-refractivity contribution in [1.82, 2.24) is 0 Å². The molecule has 2 unspecified atom stereocenters. The molecular formula is C74H129NO8P+. The molecular weight excluding hydrogens is 1060 g/mol. The third-order valence-corrected chi connectivity index (χ3v) is 15.5. The van der Waals surface area contributed by atoms with Crippen molar-refractivity contribution in [3.8, 4) is 0 Å². The highest BCUT2D eigenvalue weighted by molar-refractivity contribution is 7.47. The monoisotopic (exact) mass is 1190 g/mol. The van der Waals surface area contributed by atoms with Crippen molar-refractivity contribution in [2.24, 2.45) is 0 Å². The summed E-state index contributed by atoms with van der Waals surface area (Å²) >= 11 is 0. The standard InChI is InChI=1S/C74H128NO8P/c1-6-8-10-12-14-16-18-20-22-24-26-28-30-31-32-33-34-35-36-37-38-39-40-41-42-43-45-46-48-50-52-54-56-58-60-62-64-66-73(76)80-70-72(71-82-84(78,79)81-69-68-75(3,4)5)83-74(77)67-65-63-61-59-57-55-53-51-49-47-44-29-27-25-23-21-19-17-15-13-11-9-7-2/h9,11,15,17-18,20-21,23-24,26-27,29-31,47,49,53,55,59,61,72H,6-8,10,12-14,16,19,22,25,28,32-46,48,50-52,54,56-58,60,62-71H2,1-5H3/p+1/b11-9-,17-15-,20-18-,23-21-,26-24-,29-27-,31-30-,49-47-,55-53-,61-59-. The van der Waals surface area contributed by atoms with E-state index in [0.29, 0.717) is 23.9 Å². The predicted molar refractivity (Wildman–Crippen MR) is 362 cm³/mol. The Balaban J connectivity index is 4.06. The second-order valence-electron chi connectivity index (χ2n) is 23.8. The highest BCUT2D eigenvalue weighted by Crippen LogP contribution is 2.43. The first-order chi connectivity index (χ1) is 41.0. The molecule has 84 heavy (non-hydrogen) atoms. The zero-order valence-electron chi connectivity index (χ0n) is 54.9. The number of carbonyl (C=O) groups excluding carboxylic acids is 2. The van der Waals surface area contributed by atoms with Gasteiger partial charge in [-0.25, -0.2) is 4.57 Å². The van der Waals surface area contributed by atoms with E-state index in [4.69, 9.17) is 18.5 Å². The maximum atomic E-state index is 12.8. The fourth-order valence-electron chi connectivity index (χ4n) is 9.25. The van der Waals surface area contributed by atoms with Crippen LogP contribution in [0.25, 0.3) is 0 Å². The van der Waals surface area contributed by atoms with Crippen molar-refractivity contribution >= 4 is 19.8 Å². The minimum absolute atomic E-state index is 0.0158. The van der Waals surface area contributed by atoms with Crippen LogP contribution in [-0.2, 0) is 32.7 Å². The largest absolute Gasteiger partial charge is 0.472 e. The van der Waals surface area contributed by atoms with Crippen molar-refractivity contribution in [2.45, 2.75) is 290 Å². The van der Waals surface area contributed by atoms with Crippen LogP contribution in [0.2, 0.25) is 0 Å². The van der Waals surface area contributed by atoms with E-state index in [9.17, 15) is 19.0 Å². The van der Waals surface area contributed by atoms with Crippen LogP contribution in [0.5, 0.6) is 0 Å². The van der Waals surface area contributed by atoms with Gasteiger partial charge in [0.05, 0.1) is 27.7 Å². The smallest absolute Gasteiger partial charge is 0.462 e. The number of allylic oxidation sites excluding steroid dienone is 20. The summed E-state index contributed by atoms with van der Waals surface area (Å²) in [7, 11) is 1.43. The summed E-state index contributed by atoms with van der Waals surface area (Å²) in [5, 5.41) is 0. The first-order valence-corrected chi connectivity index (χ1v) is 35.8. The van der Waals surface area contributed by atoms with Gasteiger partial charge < -0.3 is 18.9 Å². The van der Waals surface area contributed by atoms with Gasteiger partial charge in [0.15, 0.2) is 6.10 Å². The van der Waals surface area contributed by atoms with Gasteiger partial charge in [-0.1, -0.05) is 289 Å². The Bertz CT molecular complexity index is 1830. The summed E-state index contributed by atoms with van der Waals surface area (Å²) in [4.78, 5) is 35.8. The van der Waals surface area contributed by atoms with Gasteiger partial charge in [0, 0.05) is 12.8 Å². The van der Waals surface area contributed by atoms with E-state index in [1.807, 2.05) is 21.1 Å². The maximum Gasteiger partial charge on any atom is 0.472 e. The molecule has 0 aromatic heterocycles. The summed E-state index contributed by atoms with van der Waals surface area (Å²) in [5.74, 6) is -0.866. The van der Waals surface area contributed by atoms with Crippen molar-refractivity contribution in [3.63, 3.8) is 0 Å². The lowest BCUT2D eigenvalue weighted by atomic mass is 10.0. The Kier molecular flexibility index (Phi) is 61.2. The Morgan fingerprint density at radius 3 is 1.05 bits per heavy atom. The molecule has 1 N–H and O–H groups in total. The minimum atomic E-state index is -4.41. The number of likely N-dealkylation sites (N-methyl/N-ethyl adjacent to an activating group) is 1. The molecule has 0 amide bonds. The van der Waals surface area contributed by atoms with Crippen molar-refractivity contribution in [2.75, 3.05) is 47.5 Å². The Morgan fingerprint density at radius 2 is 0.690 bits per heavy atom. The summed E-state index contributed by atoms with van der Waals surface area (Å²) in [6, 6.07) is 0. The molecule has 0 aromatic carbocycles. The molecule has 0 saturated heterocycles. The van der Waals surface area contributed by atoms with Crippen LogP contribution in [-0.4, -0.2) is 74.9 Å². The highest BCUT2D eigenvalue weighted by Gasteiger charge is 2.27. The number of phosphoric acid groups is 1. The molecule has 0 aromatic rings. The van der Waals surface area contributed by atoms with Gasteiger partial charge in [-0.3, -0.25) is 18.6 Å². The maximum absolute atomic E-state index is 12.8. The van der Waals surface area contributed by atoms with Gasteiger partial charge >= 0.3 is 19.8 Å². The van der Waals surface area contributed by atoms with Gasteiger partial charge in [0.25, 0.3) is 0 Å². The fourth-order valence-corrected chi connectivity index (χ4v) is 9.99. The number of nitrogens with zero attached hydrogens (tertiary/aromatic N) is 1. The van der Waals surface area contributed by atoms with E-state index in [1.54, 1.807) is 0 Å². The third-order valence-electron chi connectivity index (χ3n) is 14.5. The minimum Gasteiger partial charge on any atom is -0.462 e. The summed E-state index contributed by atoms with van der Waals surface area (Å²) < 4.78 is 34.6. The van der Waals surface area contributed by atoms with Gasteiger partial charge in [-0.15, -0.1) is 0 Å². The first-order valence-electron chi connectivity index (χ1n) is 34.3. The van der Waals surface area contributed by atoms with Gasteiger partial charge in [0.2, 0.25) is 0 Å². The molecule has 0 spiro atoms. The molecule has 0 heterocycles. The van der Waals surface area contributed by atoms with Crippen LogP contribution < -0.4 is 0 Å². The van der Waals surface area contributed by atoms with Crippen LogP contribution in [0.3, 0.4) is 0 Å². The van der Waals surface area contributed by atoms with Gasteiger partial charge in [-0.05, 0) is 103 Å². The Labute approximate surface area is 518 Å². The number of ether oxygens (including phenoxy) is 2. The average Bonchev–Trinajstić information content (AvgIpc) is 3.61. The van der Waals surface area contributed by atoms with Crippen molar-refractivity contribution < 1.29 is 42.1 Å². The molecule has 10 heteroatoms. The van der Waals surface area contributed by atoms with Crippen LogP contribution >= 0.6 is 7.82 Å². The number of hydrogen-bond donors (Lipinski definition) is 1. The van der Waals surface area contributed by atoms with Crippen molar-refractivity contribution in [1.29, 1.82) is 0 Å². The molecule has 0 fully saturated rings.